The largest absolute Gasteiger partial charge is 0.319 e. The second kappa shape index (κ2) is 9.68. The maximum Gasteiger partial charge on any atom is 0.255 e. The molecule has 1 heterocycles. The summed E-state index contributed by atoms with van der Waals surface area (Å²) in [6.45, 7) is 3.10. The Balaban J connectivity index is 1.27. The van der Waals surface area contributed by atoms with Crippen LogP contribution in [0.2, 0.25) is 0 Å². The van der Waals surface area contributed by atoms with Gasteiger partial charge in [0.1, 0.15) is 5.82 Å². The average Bonchev–Trinajstić information content (AvgIpc) is 2.78. The number of likely N-dealkylation sites (tertiary alicyclic amines) is 1. The first-order valence-electron chi connectivity index (χ1n) is 10.6. The minimum Gasteiger partial charge on any atom is -0.319 e. The van der Waals surface area contributed by atoms with E-state index in [2.05, 4.69) is 40.5 Å². The summed E-state index contributed by atoms with van der Waals surface area (Å²) in [5.74, 6) is 0.0274. The number of piperidine rings is 1. The molecule has 1 N–H and O–H groups in total. The molecule has 1 aliphatic rings. The Bertz CT molecular complexity index is 964. The Morgan fingerprint density at radius 3 is 2.23 bits per heavy atom. The highest BCUT2D eigenvalue weighted by Crippen LogP contribution is 2.23. The van der Waals surface area contributed by atoms with Gasteiger partial charge in [-0.1, -0.05) is 54.6 Å². The van der Waals surface area contributed by atoms with E-state index in [0.717, 1.165) is 25.6 Å². The van der Waals surface area contributed by atoms with Crippen LogP contribution in [0.15, 0.2) is 78.9 Å². The lowest BCUT2D eigenvalue weighted by Gasteiger charge is -2.32. The number of para-hydroxylation sites is 1. The van der Waals surface area contributed by atoms with Crippen LogP contribution < -0.4 is 5.32 Å². The average molecular weight is 403 g/mol. The minimum absolute atomic E-state index is 0.199. The van der Waals surface area contributed by atoms with Crippen LogP contribution in [-0.2, 0) is 13.0 Å². The molecule has 0 radical (unpaired) electrons. The van der Waals surface area contributed by atoms with E-state index < -0.39 is 5.82 Å². The molecule has 1 aliphatic heterocycles. The molecule has 4 rings (SSSR count). The van der Waals surface area contributed by atoms with Gasteiger partial charge in [0.2, 0.25) is 0 Å². The van der Waals surface area contributed by atoms with Crippen molar-refractivity contribution in [3.05, 3.63) is 101 Å². The molecule has 0 bridgehead atoms. The van der Waals surface area contributed by atoms with E-state index in [1.54, 1.807) is 18.2 Å². The number of nitrogens with one attached hydrogen (secondary N) is 1. The van der Waals surface area contributed by atoms with Gasteiger partial charge < -0.3 is 5.32 Å². The normalized spacial score (nSPS) is 15.1. The van der Waals surface area contributed by atoms with Gasteiger partial charge in [-0.2, -0.15) is 0 Å². The van der Waals surface area contributed by atoms with Gasteiger partial charge in [-0.3, -0.25) is 9.69 Å². The van der Waals surface area contributed by atoms with Gasteiger partial charge in [0, 0.05) is 12.1 Å². The number of hydrogen-bond donors (Lipinski definition) is 1. The fourth-order valence-corrected chi connectivity index (χ4v) is 4.07. The molecule has 0 spiro atoms. The number of carbonyl (C=O) groups is 1. The van der Waals surface area contributed by atoms with Crippen molar-refractivity contribution in [1.82, 2.24) is 4.90 Å². The molecule has 0 atom stereocenters. The number of benzene rings is 3. The number of halogens is 1. The van der Waals surface area contributed by atoms with Gasteiger partial charge in [-0.25, -0.2) is 4.39 Å². The summed E-state index contributed by atoms with van der Waals surface area (Å²) in [6.07, 6.45) is 3.61. The topological polar surface area (TPSA) is 32.3 Å². The summed E-state index contributed by atoms with van der Waals surface area (Å²) in [6, 6.07) is 24.5. The van der Waals surface area contributed by atoms with Crippen molar-refractivity contribution in [2.24, 2.45) is 5.92 Å². The third kappa shape index (κ3) is 5.33. The van der Waals surface area contributed by atoms with Crippen LogP contribution in [0.25, 0.3) is 0 Å². The molecular formula is C26H27FN2O. The van der Waals surface area contributed by atoms with Crippen molar-refractivity contribution in [3.63, 3.8) is 0 Å². The molecule has 4 heteroatoms. The fourth-order valence-electron chi connectivity index (χ4n) is 4.07. The standard InChI is InChI=1S/C26H27FN2O/c27-24-8-4-5-9-25(24)28-26(30)23-12-10-22(11-13-23)19-29-16-14-21(15-17-29)18-20-6-2-1-3-7-20/h1-13,21H,14-19H2,(H,28,30). The van der Waals surface area contributed by atoms with Gasteiger partial charge in [0.25, 0.3) is 5.91 Å². The minimum atomic E-state index is -0.432. The Kier molecular flexibility index (Phi) is 6.55. The number of hydrogen-bond acceptors (Lipinski definition) is 2. The quantitative estimate of drug-likeness (QED) is 0.588. The predicted octanol–water partition coefficient (Wildman–Crippen LogP) is 5.53. The molecule has 3 aromatic rings. The SMILES string of the molecule is O=C(Nc1ccccc1F)c1ccc(CN2CCC(Cc3ccccc3)CC2)cc1. The molecule has 154 valence electrons. The number of rotatable bonds is 6. The molecule has 1 amide bonds. The van der Waals surface area contributed by atoms with Crippen molar-refractivity contribution < 1.29 is 9.18 Å². The van der Waals surface area contributed by atoms with Crippen LogP contribution in [0.3, 0.4) is 0 Å². The van der Waals surface area contributed by atoms with Crippen molar-refractivity contribution in [2.75, 3.05) is 18.4 Å². The maximum absolute atomic E-state index is 13.7. The Hall–Kier alpha value is -2.98. The molecule has 0 aromatic heterocycles. The number of amides is 1. The second-order valence-electron chi connectivity index (χ2n) is 8.04. The number of anilines is 1. The molecular weight excluding hydrogens is 375 g/mol. The molecule has 1 fully saturated rings. The molecule has 30 heavy (non-hydrogen) atoms. The van der Waals surface area contributed by atoms with E-state index in [9.17, 15) is 9.18 Å². The van der Waals surface area contributed by atoms with Crippen LogP contribution in [0, 0.1) is 11.7 Å². The highest BCUT2D eigenvalue weighted by atomic mass is 19.1. The zero-order chi connectivity index (χ0) is 20.8. The first-order valence-corrected chi connectivity index (χ1v) is 10.6. The van der Waals surface area contributed by atoms with Crippen LogP contribution in [0.5, 0.6) is 0 Å². The Labute approximate surface area is 177 Å². The maximum atomic E-state index is 13.7. The van der Waals surface area contributed by atoms with Gasteiger partial charge >= 0.3 is 0 Å². The van der Waals surface area contributed by atoms with Gasteiger partial charge in [-0.15, -0.1) is 0 Å². The fraction of sp³-hybridized carbons (Fsp3) is 0.269. The van der Waals surface area contributed by atoms with E-state index in [-0.39, 0.29) is 11.6 Å². The van der Waals surface area contributed by atoms with Gasteiger partial charge in [0.05, 0.1) is 5.69 Å². The molecule has 0 aliphatic carbocycles. The van der Waals surface area contributed by atoms with E-state index in [1.807, 2.05) is 24.3 Å². The Morgan fingerprint density at radius 1 is 0.867 bits per heavy atom. The highest BCUT2D eigenvalue weighted by molar-refractivity contribution is 6.04. The third-order valence-electron chi connectivity index (χ3n) is 5.82. The van der Waals surface area contributed by atoms with Crippen molar-refractivity contribution in [1.29, 1.82) is 0 Å². The van der Waals surface area contributed by atoms with Crippen LogP contribution in [0.4, 0.5) is 10.1 Å². The van der Waals surface area contributed by atoms with Crippen molar-refractivity contribution in [2.45, 2.75) is 25.8 Å². The lowest BCUT2D eigenvalue weighted by atomic mass is 9.90. The number of nitrogens with zero attached hydrogens (tertiary/aromatic N) is 1. The summed E-state index contributed by atoms with van der Waals surface area (Å²) >= 11 is 0. The summed E-state index contributed by atoms with van der Waals surface area (Å²) in [4.78, 5) is 14.8. The van der Waals surface area contributed by atoms with Crippen molar-refractivity contribution >= 4 is 11.6 Å². The smallest absolute Gasteiger partial charge is 0.255 e. The van der Waals surface area contributed by atoms with Crippen LogP contribution in [0.1, 0.15) is 34.3 Å². The zero-order valence-corrected chi connectivity index (χ0v) is 17.1. The first-order chi connectivity index (χ1) is 14.7. The molecule has 1 saturated heterocycles. The van der Waals surface area contributed by atoms with Gasteiger partial charge in [0.15, 0.2) is 0 Å². The molecule has 0 unspecified atom stereocenters. The third-order valence-corrected chi connectivity index (χ3v) is 5.82. The summed E-state index contributed by atoms with van der Waals surface area (Å²) < 4.78 is 13.7. The Morgan fingerprint density at radius 2 is 1.53 bits per heavy atom. The van der Waals surface area contributed by atoms with Crippen molar-refractivity contribution in [3.8, 4) is 0 Å². The molecule has 3 aromatic carbocycles. The summed E-state index contributed by atoms with van der Waals surface area (Å²) in [5, 5.41) is 2.63. The van der Waals surface area contributed by atoms with E-state index in [1.165, 1.54) is 36.5 Å². The molecule has 3 nitrogen and oxygen atoms in total. The van der Waals surface area contributed by atoms with Crippen LogP contribution in [-0.4, -0.2) is 23.9 Å². The summed E-state index contributed by atoms with van der Waals surface area (Å²) in [5.41, 5.74) is 3.35. The monoisotopic (exact) mass is 402 g/mol. The lowest BCUT2D eigenvalue weighted by Crippen LogP contribution is -2.33. The van der Waals surface area contributed by atoms with Crippen LogP contribution >= 0.6 is 0 Å². The van der Waals surface area contributed by atoms with E-state index in [4.69, 9.17) is 0 Å². The summed E-state index contributed by atoms with van der Waals surface area (Å²) in [7, 11) is 0. The van der Waals surface area contributed by atoms with E-state index >= 15 is 0 Å². The zero-order valence-electron chi connectivity index (χ0n) is 17.1. The highest BCUT2D eigenvalue weighted by Gasteiger charge is 2.19. The molecule has 0 saturated carbocycles. The van der Waals surface area contributed by atoms with E-state index in [0.29, 0.717) is 5.56 Å². The predicted molar refractivity (Wildman–Crippen MR) is 119 cm³/mol. The number of carbonyl (C=O) groups excluding carboxylic acids is 1. The lowest BCUT2D eigenvalue weighted by molar-refractivity contribution is 0.102. The second-order valence-corrected chi connectivity index (χ2v) is 8.04. The first kappa shape index (κ1) is 20.3. The van der Waals surface area contributed by atoms with Gasteiger partial charge in [-0.05, 0) is 73.7 Å².